The molecule has 0 bridgehead atoms. The zero-order valence-electron chi connectivity index (χ0n) is 14.4. The second-order valence-electron chi connectivity index (χ2n) is 6.39. The third kappa shape index (κ3) is 3.42. The number of aryl methyl sites for hydroxylation is 2. The van der Waals surface area contributed by atoms with Crippen molar-refractivity contribution < 1.29 is 18.1 Å². The van der Waals surface area contributed by atoms with Crippen LogP contribution in [0.2, 0.25) is 0 Å². The molecule has 138 valence electrons. The summed E-state index contributed by atoms with van der Waals surface area (Å²) in [5.41, 5.74) is 2.73. The Bertz CT molecular complexity index is 1000. The summed E-state index contributed by atoms with van der Waals surface area (Å²) in [4.78, 5) is 20.3. The van der Waals surface area contributed by atoms with Gasteiger partial charge in [-0.15, -0.1) is 0 Å². The van der Waals surface area contributed by atoms with Crippen LogP contribution in [-0.2, 0) is 6.42 Å². The summed E-state index contributed by atoms with van der Waals surface area (Å²) in [5, 5.41) is 6.84. The molecular formula is C19H16F2N4O2. The minimum absolute atomic E-state index is 0.170. The van der Waals surface area contributed by atoms with Gasteiger partial charge < -0.3 is 9.84 Å². The predicted molar refractivity (Wildman–Crippen MR) is 92.2 cm³/mol. The Hall–Kier alpha value is -3.16. The number of fused-ring (bicyclic) bond motifs is 1. The highest BCUT2D eigenvalue weighted by Crippen LogP contribution is 2.34. The van der Waals surface area contributed by atoms with Crippen LogP contribution in [0.3, 0.4) is 0 Å². The molecule has 6 nitrogen and oxygen atoms in total. The van der Waals surface area contributed by atoms with Gasteiger partial charge in [0.15, 0.2) is 0 Å². The van der Waals surface area contributed by atoms with Gasteiger partial charge in [0.1, 0.15) is 5.69 Å². The quantitative estimate of drug-likeness (QED) is 0.756. The lowest BCUT2D eigenvalue weighted by atomic mass is 10.0. The van der Waals surface area contributed by atoms with Crippen molar-refractivity contribution in [1.82, 2.24) is 20.4 Å². The number of nitrogens with one attached hydrogen (secondary N) is 1. The molecule has 1 aromatic carbocycles. The molecule has 2 aromatic heterocycles. The Morgan fingerprint density at radius 2 is 2.15 bits per heavy atom. The summed E-state index contributed by atoms with van der Waals surface area (Å²) in [7, 11) is 0. The number of nitrogens with zero attached hydrogens (tertiary/aromatic N) is 3. The van der Waals surface area contributed by atoms with Gasteiger partial charge in [-0.2, -0.15) is 4.98 Å². The molecule has 0 saturated carbocycles. The molecule has 0 spiro atoms. The monoisotopic (exact) mass is 370 g/mol. The Balaban J connectivity index is 1.53. The van der Waals surface area contributed by atoms with E-state index >= 15 is 0 Å². The number of hydrogen-bond donors (Lipinski definition) is 1. The fourth-order valence-electron chi connectivity index (χ4n) is 3.27. The Morgan fingerprint density at radius 1 is 1.30 bits per heavy atom. The molecule has 1 aliphatic rings. The van der Waals surface area contributed by atoms with E-state index in [1.807, 2.05) is 18.2 Å². The Labute approximate surface area is 153 Å². The van der Waals surface area contributed by atoms with Crippen molar-refractivity contribution in [2.24, 2.45) is 0 Å². The highest BCUT2D eigenvalue weighted by atomic mass is 19.3. The zero-order chi connectivity index (χ0) is 19.0. The summed E-state index contributed by atoms with van der Waals surface area (Å²) in [5.74, 6) is 0.630. The normalized spacial score (nSPS) is 15.8. The van der Waals surface area contributed by atoms with E-state index in [2.05, 4.69) is 20.4 Å². The molecule has 1 amide bonds. The SMILES string of the molecule is Cc1nc(-c2ccc3c(c2)CC[C@H]3NC(=O)c2ccnc(C(F)F)c2)no1. The highest BCUT2D eigenvalue weighted by molar-refractivity contribution is 5.94. The van der Waals surface area contributed by atoms with E-state index in [1.54, 1.807) is 6.92 Å². The molecule has 8 heteroatoms. The largest absolute Gasteiger partial charge is 0.345 e. The van der Waals surface area contributed by atoms with E-state index in [1.165, 1.54) is 12.3 Å². The molecule has 0 fully saturated rings. The van der Waals surface area contributed by atoms with Crippen LogP contribution in [0.25, 0.3) is 11.4 Å². The van der Waals surface area contributed by atoms with Gasteiger partial charge in [0.25, 0.3) is 12.3 Å². The fraction of sp³-hybridized carbons (Fsp3) is 0.263. The van der Waals surface area contributed by atoms with Gasteiger partial charge in [-0.3, -0.25) is 9.78 Å². The number of carbonyl (C=O) groups excluding carboxylic acids is 1. The molecule has 3 aromatic rings. The molecule has 0 aliphatic heterocycles. The molecule has 27 heavy (non-hydrogen) atoms. The van der Waals surface area contributed by atoms with Gasteiger partial charge in [0.2, 0.25) is 11.7 Å². The molecule has 4 rings (SSSR count). The smallest absolute Gasteiger partial charge is 0.280 e. The topological polar surface area (TPSA) is 80.9 Å². The van der Waals surface area contributed by atoms with Crippen LogP contribution in [0, 0.1) is 6.92 Å². The second-order valence-corrected chi connectivity index (χ2v) is 6.39. The van der Waals surface area contributed by atoms with E-state index in [0.717, 1.165) is 35.6 Å². The molecule has 1 aliphatic carbocycles. The minimum Gasteiger partial charge on any atom is -0.345 e. The van der Waals surface area contributed by atoms with Gasteiger partial charge >= 0.3 is 0 Å². The minimum atomic E-state index is -2.71. The van der Waals surface area contributed by atoms with Crippen LogP contribution >= 0.6 is 0 Å². The van der Waals surface area contributed by atoms with Crippen LogP contribution in [0.5, 0.6) is 0 Å². The maximum Gasteiger partial charge on any atom is 0.280 e. The molecule has 0 unspecified atom stereocenters. The maximum atomic E-state index is 12.8. The number of amides is 1. The first kappa shape index (κ1) is 17.3. The first-order valence-corrected chi connectivity index (χ1v) is 8.50. The highest BCUT2D eigenvalue weighted by Gasteiger charge is 2.25. The molecule has 2 heterocycles. The summed E-state index contributed by atoms with van der Waals surface area (Å²) in [6, 6.07) is 8.20. The number of hydrogen-bond acceptors (Lipinski definition) is 5. The van der Waals surface area contributed by atoms with Crippen molar-refractivity contribution in [2.45, 2.75) is 32.2 Å². The Kier molecular flexibility index (Phi) is 4.39. The van der Waals surface area contributed by atoms with Crippen molar-refractivity contribution in [3.05, 3.63) is 64.8 Å². The maximum absolute atomic E-state index is 12.8. The standard InChI is InChI=1S/C19H16F2N4O2/c1-10-23-18(25-27-10)12-2-4-14-11(8-12)3-5-15(14)24-19(26)13-6-7-22-16(9-13)17(20)21/h2,4,6-9,15,17H,3,5H2,1H3,(H,24,26)/t15-/m1/s1. The number of aromatic nitrogens is 3. The lowest BCUT2D eigenvalue weighted by Gasteiger charge is -2.14. The van der Waals surface area contributed by atoms with E-state index in [-0.39, 0.29) is 11.6 Å². The Morgan fingerprint density at radius 3 is 2.89 bits per heavy atom. The number of carbonyl (C=O) groups is 1. The van der Waals surface area contributed by atoms with E-state index in [9.17, 15) is 13.6 Å². The second kappa shape index (κ2) is 6.86. The lowest BCUT2D eigenvalue weighted by Crippen LogP contribution is -2.27. The third-order valence-corrected chi connectivity index (χ3v) is 4.58. The van der Waals surface area contributed by atoms with Crippen molar-refractivity contribution in [3.63, 3.8) is 0 Å². The van der Waals surface area contributed by atoms with Gasteiger partial charge in [-0.1, -0.05) is 17.3 Å². The van der Waals surface area contributed by atoms with Gasteiger partial charge in [0.05, 0.1) is 6.04 Å². The van der Waals surface area contributed by atoms with E-state index in [0.29, 0.717) is 11.7 Å². The number of alkyl halides is 2. The van der Waals surface area contributed by atoms with Crippen molar-refractivity contribution in [1.29, 1.82) is 0 Å². The molecule has 1 atom stereocenters. The lowest BCUT2D eigenvalue weighted by molar-refractivity contribution is 0.0936. The van der Waals surface area contributed by atoms with Gasteiger partial charge in [0, 0.05) is 24.2 Å². The summed E-state index contributed by atoms with van der Waals surface area (Å²) in [6.07, 6.45) is 0.0433. The third-order valence-electron chi connectivity index (χ3n) is 4.58. The molecular weight excluding hydrogens is 354 g/mol. The first-order chi connectivity index (χ1) is 13.0. The summed E-state index contributed by atoms with van der Waals surface area (Å²) >= 11 is 0. The zero-order valence-corrected chi connectivity index (χ0v) is 14.4. The fourth-order valence-corrected chi connectivity index (χ4v) is 3.27. The van der Waals surface area contributed by atoms with Crippen molar-refractivity contribution in [2.75, 3.05) is 0 Å². The predicted octanol–water partition coefficient (Wildman–Crippen LogP) is 3.79. The summed E-state index contributed by atoms with van der Waals surface area (Å²) in [6.45, 7) is 1.73. The molecule has 1 N–H and O–H groups in total. The van der Waals surface area contributed by atoms with Gasteiger partial charge in [-0.05, 0) is 42.2 Å². The molecule has 0 saturated heterocycles. The number of halogens is 2. The van der Waals surface area contributed by atoms with E-state index in [4.69, 9.17) is 4.52 Å². The van der Waals surface area contributed by atoms with Crippen LogP contribution in [0.1, 0.15) is 52.0 Å². The molecule has 0 radical (unpaired) electrons. The van der Waals surface area contributed by atoms with Crippen LogP contribution < -0.4 is 5.32 Å². The van der Waals surface area contributed by atoms with Crippen LogP contribution in [-0.4, -0.2) is 21.0 Å². The average molecular weight is 370 g/mol. The number of rotatable bonds is 4. The van der Waals surface area contributed by atoms with Crippen LogP contribution in [0.4, 0.5) is 8.78 Å². The number of pyridine rings is 1. The average Bonchev–Trinajstić information content (AvgIpc) is 3.28. The van der Waals surface area contributed by atoms with Crippen LogP contribution in [0.15, 0.2) is 41.1 Å². The van der Waals surface area contributed by atoms with E-state index < -0.39 is 18.0 Å². The van der Waals surface area contributed by atoms with Crippen molar-refractivity contribution in [3.8, 4) is 11.4 Å². The summed E-state index contributed by atoms with van der Waals surface area (Å²) < 4.78 is 30.6. The van der Waals surface area contributed by atoms with Crippen molar-refractivity contribution >= 4 is 5.91 Å². The van der Waals surface area contributed by atoms with Gasteiger partial charge in [-0.25, -0.2) is 8.78 Å². The number of benzene rings is 1. The first-order valence-electron chi connectivity index (χ1n) is 8.50.